The van der Waals surface area contributed by atoms with Crippen LogP contribution in [0.15, 0.2) is 12.2 Å². The molecule has 0 aliphatic carbocycles. The predicted octanol–water partition coefficient (Wildman–Crippen LogP) is 2.46. The van der Waals surface area contributed by atoms with E-state index in [1.807, 2.05) is 0 Å². The lowest BCUT2D eigenvalue weighted by Gasteiger charge is -2.23. The van der Waals surface area contributed by atoms with E-state index in [1.54, 1.807) is 0 Å². The summed E-state index contributed by atoms with van der Waals surface area (Å²) in [4.78, 5) is 10.5. The van der Waals surface area contributed by atoms with E-state index >= 15 is 0 Å². The van der Waals surface area contributed by atoms with Gasteiger partial charge in [-0.3, -0.25) is 0 Å². The van der Waals surface area contributed by atoms with Crippen molar-refractivity contribution in [3.63, 3.8) is 0 Å². The molecule has 0 rings (SSSR count). The Morgan fingerprint density at radius 1 is 1.13 bits per heavy atom. The van der Waals surface area contributed by atoms with Gasteiger partial charge in [-0.1, -0.05) is 6.58 Å². The highest BCUT2D eigenvalue weighted by atomic mass is 19.4. The minimum atomic E-state index is -5.62. The van der Waals surface area contributed by atoms with Gasteiger partial charge in [0.15, 0.2) is 5.92 Å². The van der Waals surface area contributed by atoms with Crippen molar-refractivity contribution in [1.29, 1.82) is 0 Å². The Bertz CT molecular complexity index is 250. The minimum Gasteiger partial charge on any atom is -0.466 e. The summed E-state index contributed by atoms with van der Waals surface area (Å²) in [6.07, 6.45) is -11.2. The van der Waals surface area contributed by atoms with Crippen molar-refractivity contribution in [3.05, 3.63) is 12.2 Å². The van der Waals surface area contributed by atoms with Crippen LogP contribution in [0, 0.1) is 5.92 Å². The van der Waals surface area contributed by atoms with E-state index in [9.17, 15) is 31.1 Å². The molecule has 0 amide bonds. The van der Waals surface area contributed by atoms with Crippen LogP contribution >= 0.6 is 0 Å². The van der Waals surface area contributed by atoms with Crippen LogP contribution in [0.5, 0.6) is 0 Å². The van der Waals surface area contributed by atoms with Crippen LogP contribution in [0.1, 0.15) is 0 Å². The van der Waals surface area contributed by atoms with Crippen LogP contribution in [0.4, 0.5) is 26.3 Å². The molecule has 0 aliphatic rings. The van der Waals surface area contributed by atoms with Crippen molar-refractivity contribution in [2.24, 2.45) is 5.92 Å². The van der Waals surface area contributed by atoms with Gasteiger partial charge in [-0.05, 0) is 0 Å². The van der Waals surface area contributed by atoms with Gasteiger partial charge in [-0.2, -0.15) is 26.3 Å². The fourth-order valence-corrected chi connectivity index (χ4v) is 0.830. The molecule has 0 spiro atoms. The number of alkyl halides is 6. The molecule has 0 radical (unpaired) electrons. The molecular formula is C7H6F6O2. The molecule has 0 fully saturated rings. The average Bonchev–Trinajstić information content (AvgIpc) is 1.97. The maximum Gasteiger partial charge on any atom is 0.404 e. The van der Waals surface area contributed by atoms with Crippen molar-refractivity contribution in [2.75, 3.05) is 7.11 Å². The first-order valence-electron chi connectivity index (χ1n) is 3.42. The third-order valence-corrected chi connectivity index (χ3v) is 1.45. The summed E-state index contributed by atoms with van der Waals surface area (Å²) >= 11 is 0. The maximum atomic E-state index is 12.0. The summed E-state index contributed by atoms with van der Waals surface area (Å²) < 4.78 is 75.6. The molecule has 0 unspecified atom stereocenters. The van der Waals surface area contributed by atoms with Crippen LogP contribution in [-0.2, 0) is 9.53 Å². The molecular weight excluding hydrogens is 230 g/mol. The van der Waals surface area contributed by atoms with E-state index in [-0.39, 0.29) is 0 Å². The van der Waals surface area contributed by atoms with Gasteiger partial charge in [-0.25, -0.2) is 4.79 Å². The molecule has 0 aromatic heterocycles. The number of methoxy groups -OCH3 is 1. The second-order valence-corrected chi connectivity index (χ2v) is 2.53. The van der Waals surface area contributed by atoms with Gasteiger partial charge >= 0.3 is 18.3 Å². The zero-order chi connectivity index (χ0) is 12.4. The van der Waals surface area contributed by atoms with E-state index in [4.69, 9.17) is 0 Å². The fraction of sp³-hybridized carbons (Fsp3) is 0.571. The summed E-state index contributed by atoms with van der Waals surface area (Å²) in [6.45, 7) is 2.44. The van der Waals surface area contributed by atoms with Crippen LogP contribution in [0.25, 0.3) is 0 Å². The average molecular weight is 236 g/mol. The molecule has 88 valence electrons. The van der Waals surface area contributed by atoms with Crippen LogP contribution < -0.4 is 0 Å². The van der Waals surface area contributed by atoms with E-state index in [1.165, 1.54) is 0 Å². The molecule has 8 heteroatoms. The van der Waals surface area contributed by atoms with E-state index in [0.29, 0.717) is 7.11 Å². The van der Waals surface area contributed by atoms with Gasteiger partial charge in [-0.15, -0.1) is 0 Å². The smallest absolute Gasteiger partial charge is 0.404 e. The van der Waals surface area contributed by atoms with E-state index in [2.05, 4.69) is 11.3 Å². The van der Waals surface area contributed by atoms with Crippen molar-refractivity contribution < 1.29 is 35.9 Å². The quantitative estimate of drug-likeness (QED) is 0.418. The van der Waals surface area contributed by atoms with Gasteiger partial charge < -0.3 is 4.74 Å². The Labute approximate surface area is 80.5 Å². The van der Waals surface area contributed by atoms with Gasteiger partial charge in [0.05, 0.1) is 12.7 Å². The van der Waals surface area contributed by atoms with Gasteiger partial charge in [0, 0.05) is 0 Å². The number of carbonyl (C=O) groups excluding carboxylic acids is 1. The molecule has 0 atom stereocenters. The molecule has 0 aliphatic heterocycles. The van der Waals surface area contributed by atoms with Crippen molar-refractivity contribution >= 4 is 5.97 Å². The third-order valence-electron chi connectivity index (χ3n) is 1.45. The zero-order valence-electron chi connectivity index (χ0n) is 7.37. The Morgan fingerprint density at radius 2 is 1.47 bits per heavy atom. The molecule has 0 saturated heterocycles. The number of rotatable bonds is 2. The summed E-state index contributed by atoms with van der Waals surface area (Å²) in [5, 5.41) is 0. The first-order chi connectivity index (χ1) is 6.51. The number of hydrogen-bond acceptors (Lipinski definition) is 2. The van der Waals surface area contributed by atoms with Gasteiger partial charge in [0.25, 0.3) is 0 Å². The SMILES string of the molecule is C=C(C(=O)OC)C(C(F)(F)F)C(F)(F)F. The predicted molar refractivity (Wildman–Crippen MR) is 36.8 cm³/mol. The Hall–Kier alpha value is -1.21. The Morgan fingerprint density at radius 3 is 1.67 bits per heavy atom. The largest absolute Gasteiger partial charge is 0.466 e. The van der Waals surface area contributed by atoms with Crippen molar-refractivity contribution in [2.45, 2.75) is 12.4 Å². The number of esters is 1. The molecule has 0 N–H and O–H groups in total. The molecule has 0 saturated carbocycles. The van der Waals surface area contributed by atoms with Crippen molar-refractivity contribution in [3.8, 4) is 0 Å². The number of halogens is 6. The highest BCUT2D eigenvalue weighted by Gasteiger charge is 2.59. The molecule has 0 bridgehead atoms. The highest BCUT2D eigenvalue weighted by Crippen LogP contribution is 2.43. The molecule has 2 nitrogen and oxygen atoms in total. The monoisotopic (exact) mass is 236 g/mol. The van der Waals surface area contributed by atoms with Crippen LogP contribution in [0.3, 0.4) is 0 Å². The number of carbonyl (C=O) groups is 1. The Kier molecular flexibility index (Phi) is 3.78. The first kappa shape index (κ1) is 13.8. The lowest BCUT2D eigenvalue weighted by Crippen LogP contribution is -2.39. The summed E-state index contributed by atoms with van der Waals surface area (Å²) in [7, 11) is 0.664. The normalized spacial score (nSPS) is 12.8. The number of ether oxygens (including phenoxy) is 1. The highest BCUT2D eigenvalue weighted by molar-refractivity contribution is 5.88. The fourth-order valence-electron chi connectivity index (χ4n) is 0.830. The lowest BCUT2D eigenvalue weighted by molar-refractivity contribution is -0.271. The summed E-state index contributed by atoms with van der Waals surface area (Å²) in [5.74, 6) is -5.63. The summed E-state index contributed by atoms with van der Waals surface area (Å²) in [5.41, 5.74) is -1.68. The second-order valence-electron chi connectivity index (χ2n) is 2.53. The number of hydrogen-bond donors (Lipinski definition) is 0. The topological polar surface area (TPSA) is 26.3 Å². The zero-order valence-corrected chi connectivity index (χ0v) is 7.37. The third kappa shape index (κ3) is 3.45. The van der Waals surface area contributed by atoms with Crippen LogP contribution in [0.2, 0.25) is 0 Å². The van der Waals surface area contributed by atoms with E-state index < -0.39 is 29.8 Å². The summed E-state index contributed by atoms with van der Waals surface area (Å²) in [6, 6.07) is 0. The van der Waals surface area contributed by atoms with E-state index in [0.717, 1.165) is 0 Å². The minimum absolute atomic E-state index is 0.664. The molecule has 15 heavy (non-hydrogen) atoms. The Balaban J connectivity index is 5.16. The second kappa shape index (κ2) is 4.11. The maximum absolute atomic E-state index is 12.0. The van der Waals surface area contributed by atoms with Gasteiger partial charge in [0.1, 0.15) is 0 Å². The van der Waals surface area contributed by atoms with Crippen molar-refractivity contribution in [1.82, 2.24) is 0 Å². The van der Waals surface area contributed by atoms with Crippen LogP contribution in [-0.4, -0.2) is 25.4 Å². The standard InChI is InChI=1S/C7H6F6O2/c1-3(5(14)15-2)4(6(8,9)10)7(11,12)13/h4H,1H2,2H3. The first-order valence-corrected chi connectivity index (χ1v) is 3.42. The molecule has 0 aromatic rings. The lowest BCUT2D eigenvalue weighted by atomic mass is 9.99. The molecule has 0 aromatic carbocycles. The molecule has 0 heterocycles. The van der Waals surface area contributed by atoms with Gasteiger partial charge in [0.2, 0.25) is 0 Å².